The molecule has 1 saturated heterocycles. The van der Waals surface area contributed by atoms with Crippen LogP contribution in [0.15, 0.2) is 72.3 Å². The van der Waals surface area contributed by atoms with Gasteiger partial charge in [-0.25, -0.2) is 0 Å². The van der Waals surface area contributed by atoms with Gasteiger partial charge >= 0.3 is 0 Å². The van der Waals surface area contributed by atoms with Crippen LogP contribution in [0.2, 0.25) is 0 Å². The summed E-state index contributed by atoms with van der Waals surface area (Å²) in [6, 6.07) is 18.6. The number of hydrogen-bond acceptors (Lipinski definition) is 7. The van der Waals surface area contributed by atoms with Gasteiger partial charge in [0.05, 0.1) is 18.2 Å². The lowest BCUT2D eigenvalue weighted by atomic mass is 9.95. The third-order valence-electron chi connectivity index (χ3n) is 6.40. The molecule has 0 bridgehead atoms. The van der Waals surface area contributed by atoms with Crippen molar-refractivity contribution >= 4 is 28.8 Å². The monoisotopic (exact) mass is 500 g/mol. The van der Waals surface area contributed by atoms with Gasteiger partial charge < -0.3 is 24.2 Å². The van der Waals surface area contributed by atoms with Gasteiger partial charge in [0.2, 0.25) is 6.79 Å². The molecule has 8 nitrogen and oxygen atoms in total. The van der Waals surface area contributed by atoms with E-state index in [1.165, 1.54) is 4.90 Å². The Bertz CT molecular complexity index is 1360. The number of ether oxygens (including phenoxy) is 3. The fourth-order valence-electron chi connectivity index (χ4n) is 4.49. The maximum atomic E-state index is 13.4. The molecule has 0 spiro atoms. The molecular formula is C29H28N2O6. The molecule has 2 aliphatic heterocycles. The van der Waals surface area contributed by atoms with Gasteiger partial charge in [-0.2, -0.15) is 0 Å². The normalized spacial score (nSPS) is 17.8. The molecule has 37 heavy (non-hydrogen) atoms. The number of hydrogen-bond donors (Lipinski definition) is 1. The second-order valence-electron chi connectivity index (χ2n) is 9.07. The van der Waals surface area contributed by atoms with E-state index >= 15 is 0 Å². The van der Waals surface area contributed by atoms with Gasteiger partial charge in [-0.3, -0.25) is 14.5 Å². The van der Waals surface area contributed by atoms with Crippen LogP contribution in [0, 0.1) is 0 Å². The Morgan fingerprint density at radius 3 is 2.38 bits per heavy atom. The van der Waals surface area contributed by atoms with E-state index < -0.39 is 17.7 Å². The first-order valence-corrected chi connectivity index (χ1v) is 12.1. The number of amides is 1. The second kappa shape index (κ2) is 9.89. The number of rotatable bonds is 7. The lowest BCUT2D eigenvalue weighted by molar-refractivity contribution is -0.132. The number of benzene rings is 3. The molecule has 5 rings (SSSR count). The highest BCUT2D eigenvalue weighted by Crippen LogP contribution is 2.45. The van der Waals surface area contributed by atoms with E-state index in [9.17, 15) is 14.7 Å². The first-order valence-electron chi connectivity index (χ1n) is 12.1. The summed E-state index contributed by atoms with van der Waals surface area (Å²) in [7, 11) is 3.86. The average molecular weight is 501 g/mol. The highest BCUT2D eigenvalue weighted by atomic mass is 16.7. The Morgan fingerprint density at radius 2 is 1.70 bits per heavy atom. The van der Waals surface area contributed by atoms with Crippen LogP contribution in [-0.4, -0.2) is 44.3 Å². The summed E-state index contributed by atoms with van der Waals surface area (Å²) in [4.78, 5) is 30.2. The van der Waals surface area contributed by atoms with Crippen LogP contribution < -0.4 is 24.0 Å². The quantitative estimate of drug-likeness (QED) is 0.281. The van der Waals surface area contributed by atoms with Crippen LogP contribution in [0.1, 0.15) is 30.5 Å². The van der Waals surface area contributed by atoms with Gasteiger partial charge in [0.15, 0.2) is 11.5 Å². The average Bonchev–Trinajstić information content (AvgIpc) is 3.49. The minimum absolute atomic E-state index is 0.0162. The molecule has 0 saturated carbocycles. The van der Waals surface area contributed by atoms with Crippen molar-refractivity contribution in [2.75, 3.05) is 37.3 Å². The minimum Gasteiger partial charge on any atom is -0.507 e. The van der Waals surface area contributed by atoms with Gasteiger partial charge in [-0.15, -0.1) is 0 Å². The Kier molecular flexibility index (Phi) is 6.48. The molecule has 190 valence electrons. The van der Waals surface area contributed by atoms with Crippen molar-refractivity contribution in [1.29, 1.82) is 0 Å². The molecular weight excluding hydrogens is 472 g/mol. The zero-order chi connectivity index (χ0) is 26.1. The van der Waals surface area contributed by atoms with Gasteiger partial charge in [-0.05, 0) is 60.5 Å². The third kappa shape index (κ3) is 4.46. The van der Waals surface area contributed by atoms with Crippen molar-refractivity contribution in [2.24, 2.45) is 0 Å². The van der Waals surface area contributed by atoms with Crippen LogP contribution in [0.5, 0.6) is 17.2 Å². The van der Waals surface area contributed by atoms with E-state index in [0.29, 0.717) is 40.7 Å². The predicted octanol–water partition coefficient (Wildman–Crippen LogP) is 4.90. The lowest BCUT2D eigenvalue weighted by Crippen LogP contribution is -2.29. The molecule has 1 N–H and O–H groups in total. The van der Waals surface area contributed by atoms with Gasteiger partial charge in [0.1, 0.15) is 11.5 Å². The summed E-state index contributed by atoms with van der Waals surface area (Å²) in [5.74, 6) is -0.0186. The first kappa shape index (κ1) is 24.2. The number of fused-ring (bicyclic) bond motifs is 1. The van der Waals surface area contributed by atoms with Crippen molar-refractivity contribution in [3.63, 3.8) is 0 Å². The maximum Gasteiger partial charge on any atom is 0.300 e. The van der Waals surface area contributed by atoms with Crippen LogP contribution in [-0.2, 0) is 9.59 Å². The highest BCUT2D eigenvalue weighted by molar-refractivity contribution is 6.51. The highest BCUT2D eigenvalue weighted by Gasteiger charge is 2.47. The number of carbonyl (C=O) groups is 2. The lowest BCUT2D eigenvalue weighted by Gasteiger charge is -2.26. The summed E-state index contributed by atoms with van der Waals surface area (Å²) in [5, 5.41) is 11.4. The molecule has 8 heteroatoms. The number of ketones is 1. The molecule has 3 aromatic carbocycles. The van der Waals surface area contributed by atoms with Gasteiger partial charge in [0.25, 0.3) is 11.7 Å². The molecule has 1 atom stereocenters. The Labute approximate surface area is 215 Å². The summed E-state index contributed by atoms with van der Waals surface area (Å²) in [6.07, 6.45) is 0.873. The smallest absolute Gasteiger partial charge is 0.300 e. The summed E-state index contributed by atoms with van der Waals surface area (Å²) >= 11 is 0. The Morgan fingerprint density at radius 1 is 1.00 bits per heavy atom. The molecule has 1 fully saturated rings. The van der Waals surface area contributed by atoms with E-state index in [1.54, 1.807) is 42.5 Å². The maximum absolute atomic E-state index is 13.4. The summed E-state index contributed by atoms with van der Waals surface area (Å²) < 4.78 is 16.5. The van der Waals surface area contributed by atoms with E-state index in [4.69, 9.17) is 14.2 Å². The van der Waals surface area contributed by atoms with Gasteiger partial charge in [0, 0.05) is 37.1 Å². The number of aliphatic hydroxyl groups is 1. The van der Waals surface area contributed by atoms with E-state index in [0.717, 1.165) is 12.1 Å². The number of carbonyl (C=O) groups excluding carboxylic acids is 2. The van der Waals surface area contributed by atoms with E-state index in [1.807, 2.05) is 50.2 Å². The van der Waals surface area contributed by atoms with E-state index in [-0.39, 0.29) is 18.1 Å². The van der Waals surface area contributed by atoms with Crippen LogP contribution >= 0.6 is 0 Å². The number of anilines is 2. The standard InChI is InChI=1S/C29H28N2O6/c1-4-15-35-22-12-7-19(8-13-22)27(32)25-26(18-5-9-20(10-6-18)30(2)3)31(29(34)28(25)33)21-11-14-23-24(16-21)37-17-36-23/h5-14,16,26,32H,4,15,17H2,1-3H3/b27-25+. The molecule has 1 unspecified atom stereocenters. The molecule has 0 aromatic heterocycles. The molecule has 0 aliphatic carbocycles. The third-order valence-corrected chi connectivity index (χ3v) is 6.40. The molecule has 2 aliphatic rings. The van der Waals surface area contributed by atoms with Crippen LogP contribution in [0.3, 0.4) is 0 Å². The largest absolute Gasteiger partial charge is 0.507 e. The molecule has 2 heterocycles. The van der Waals surface area contributed by atoms with Crippen molar-refractivity contribution in [1.82, 2.24) is 0 Å². The minimum atomic E-state index is -0.840. The predicted molar refractivity (Wildman–Crippen MR) is 140 cm³/mol. The molecule has 0 radical (unpaired) electrons. The second-order valence-corrected chi connectivity index (χ2v) is 9.07. The fourth-order valence-corrected chi connectivity index (χ4v) is 4.49. The van der Waals surface area contributed by atoms with Crippen molar-refractivity contribution in [3.8, 4) is 17.2 Å². The number of aliphatic hydroxyl groups excluding tert-OH is 1. The first-order chi connectivity index (χ1) is 17.9. The van der Waals surface area contributed by atoms with Crippen molar-refractivity contribution < 1.29 is 28.9 Å². The molecule has 3 aromatic rings. The number of Topliss-reactive ketones (excluding diaryl/α,β-unsaturated/α-hetero) is 1. The zero-order valence-electron chi connectivity index (χ0n) is 20.9. The number of nitrogens with zero attached hydrogens (tertiary/aromatic N) is 2. The Balaban J connectivity index is 1.62. The molecule has 1 amide bonds. The SMILES string of the molecule is CCCOc1ccc(/C(O)=C2\C(=O)C(=O)N(c3ccc4c(c3)OCO4)C2c2ccc(N(C)C)cc2)cc1. The topological polar surface area (TPSA) is 88.5 Å². The van der Waals surface area contributed by atoms with Crippen molar-refractivity contribution in [2.45, 2.75) is 19.4 Å². The fraction of sp³-hybridized carbons (Fsp3) is 0.241. The summed E-state index contributed by atoms with van der Waals surface area (Å²) in [6.45, 7) is 2.68. The summed E-state index contributed by atoms with van der Waals surface area (Å²) in [5.41, 5.74) is 2.55. The zero-order valence-corrected chi connectivity index (χ0v) is 20.9. The van der Waals surface area contributed by atoms with Crippen LogP contribution in [0.4, 0.5) is 11.4 Å². The van der Waals surface area contributed by atoms with Crippen molar-refractivity contribution in [3.05, 3.63) is 83.4 Å². The van der Waals surface area contributed by atoms with Gasteiger partial charge in [-0.1, -0.05) is 19.1 Å². The van der Waals surface area contributed by atoms with Crippen LogP contribution in [0.25, 0.3) is 5.76 Å². The Hall–Kier alpha value is -4.46. The van der Waals surface area contributed by atoms with E-state index in [2.05, 4.69) is 0 Å².